The lowest BCUT2D eigenvalue weighted by Crippen LogP contribution is -2.32. The molecule has 0 bridgehead atoms. The van der Waals surface area contributed by atoms with E-state index in [4.69, 9.17) is 0 Å². The van der Waals surface area contributed by atoms with Crippen molar-refractivity contribution in [3.63, 3.8) is 0 Å². The van der Waals surface area contributed by atoms with Gasteiger partial charge in [0.2, 0.25) is 11.8 Å². The van der Waals surface area contributed by atoms with Crippen molar-refractivity contribution in [1.82, 2.24) is 20.2 Å². The molecule has 2 rings (SSSR count). The van der Waals surface area contributed by atoms with Crippen molar-refractivity contribution in [3.8, 4) is 0 Å². The van der Waals surface area contributed by atoms with E-state index in [2.05, 4.69) is 15.3 Å². The Morgan fingerprint density at radius 2 is 2.22 bits per heavy atom. The van der Waals surface area contributed by atoms with E-state index in [1.165, 1.54) is 0 Å². The molecule has 18 heavy (non-hydrogen) atoms. The largest absolute Gasteiger partial charge is 0.350 e. The number of hydrogen-bond donors (Lipinski definition) is 1. The first-order valence-electron chi connectivity index (χ1n) is 5.86. The molecule has 0 aromatic carbocycles. The minimum Gasteiger partial charge on any atom is -0.350 e. The second-order valence-corrected chi connectivity index (χ2v) is 4.48. The Labute approximate surface area is 105 Å². The van der Waals surface area contributed by atoms with Crippen LogP contribution in [0.15, 0.2) is 12.4 Å². The van der Waals surface area contributed by atoms with Crippen LogP contribution in [-0.4, -0.2) is 40.3 Å². The van der Waals surface area contributed by atoms with Gasteiger partial charge in [0.05, 0.1) is 23.9 Å². The minimum absolute atomic E-state index is 0.0193. The molecule has 1 unspecified atom stereocenters. The topological polar surface area (TPSA) is 75.2 Å². The molecule has 6 nitrogen and oxygen atoms in total. The quantitative estimate of drug-likeness (QED) is 0.809. The van der Waals surface area contributed by atoms with Crippen molar-refractivity contribution in [2.75, 3.05) is 13.6 Å². The first-order valence-corrected chi connectivity index (χ1v) is 5.86. The summed E-state index contributed by atoms with van der Waals surface area (Å²) in [5.74, 6) is -0.330. The summed E-state index contributed by atoms with van der Waals surface area (Å²) < 4.78 is 0. The summed E-state index contributed by atoms with van der Waals surface area (Å²) in [5, 5.41) is 2.80. The summed E-state index contributed by atoms with van der Waals surface area (Å²) >= 11 is 0. The van der Waals surface area contributed by atoms with Crippen LogP contribution in [0.25, 0.3) is 0 Å². The Morgan fingerprint density at radius 1 is 1.50 bits per heavy atom. The van der Waals surface area contributed by atoms with Crippen LogP contribution < -0.4 is 5.32 Å². The summed E-state index contributed by atoms with van der Waals surface area (Å²) in [6.45, 7) is 2.69. The van der Waals surface area contributed by atoms with Gasteiger partial charge < -0.3 is 10.2 Å². The third-order valence-corrected chi connectivity index (χ3v) is 3.12. The number of nitrogens with zero attached hydrogens (tertiary/aromatic N) is 3. The van der Waals surface area contributed by atoms with Gasteiger partial charge in [-0.05, 0) is 6.92 Å². The average molecular weight is 248 g/mol. The lowest BCUT2D eigenvalue weighted by atomic mass is 10.1. The minimum atomic E-state index is -0.250. The van der Waals surface area contributed by atoms with Gasteiger partial charge in [-0.15, -0.1) is 0 Å². The predicted molar refractivity (Wildman–Crippen MR) is 64.4 cm³/mol. The van der Waals surface area contributed by atoms with E-state index in [9.17, 15) is 9.59 Å². The van der Waals surface area contributed by atoms with E-state index >= 15 is 0 Å². The number of rotatable bonds is 3. The molecule has 1 aromatic rings. The highest BCUT2D eigenvalue weighted by Gasteiger charge is 2.31. The number of amides is 2. The number of aromatic nitrogens is 2. The van der Waals surface area contributed by atoms with Crippen molar-refractivity contribution >= 4 is 11.8 Å². The number of nitrogens with one attached hydrogen (secondary N) is 1. The second-order valence-electron chi connectivity index (χ2n) is 4.48. The fourth-order valence-electron chi connectivity index (χ4n) is 1.96. The predicted octanol–water partition coefficient (Wildman–Crippen LogP) is -0.120. The molecule has 0 spiro atoms. The molecule has 96 valence electrons. The van der Waals surface area contributed by atoms with E-state index in [-0.39, 0.29) is 17.7 Å². The molecule has 1 aromatic heterocycles. The van der Waals surface area contributed by atoms with E-state index in [1.807, 2.05) is 6.92 Å². The molecule has 1 atom stereocenters. The maximum absolute atomic E-state index is 11.9. The molecular weight excluding hydrogens is 232 g/mol. The first-order chi connectivity index (χ1) is 8.58. The normalized spacial score (nSPS) is 19.1. The van der Waals surface area contributed by atoms with Gasteiger partial charge in [-0.2, -0.15) is 0 Å². The Morgan fingerprint density at radius 3 is 2.83 bits per heavy atom. The van der Waals surface area contributed by atoms with E-state index in [1.54, 1.807) is 24.3 Å². The molecule has 0 aliphatic carbocycles. The summed E-state index contributed by atoms with van der Waals surface area (Å²) in [6.07, 6.45) is 3.51. The zero-order valence-corrected chi connectivity index (χ0v) is 10.5. The van der Waals surface area contributed by atoms with Gasteiger partial charge in [0, 0.05) is 32.4 Å². The molecule has 1 aliphatic rings. The van der Waals surface area contributed by atoms with E-state index in [0.717, 1.165) is 11.4 Å². The fourth-order valence-corrected chi connectivity index (χ4v) is 1.96. The van der Waals surface area contributed by atoms with Crippen LogP contribution in [0.5, 0.6) is 0 Å². The van der Waals surface area contributed by atoms with Crippen LogP contribution in [0.2, 0.25) is 0 Å². The van der Waals surface area contributed by atoms with Crippen LogP contribution in [0.4, 0.5) is 0 Å². The molecule has 1 saturated heterocycles. The third kappa shape index (κ3) is 2.64. The highest BCUT2D eigenvalue weighted by atomic mass is 16.2. The Kier molecular flexibility index (Phi) is 3.55. The molecule has 6 heteroatoms. The zero-order chi connectivity index (χ0) is 13.1. The Balaban J connectivity index is 1.90. The van der Waals surface area contributed by atoms with E-state index in [0.29, 0.717) is 19.5 Å². The standard InChI is InChI=1S/C12H16N4O2/c1-8-10(14-4-3-13-8)6-15-12(18)9-5-11(17)16(2)7-9/h3-4,9H,5-7H2,1-2H3,(H,15,18). The molecular formula is C12H16N4O2. The van der Waals surface area contributed by atoms with Gasteiger partial charge in [-0.25, -0.2) is 0 Å². The smallest absolute Gasteiger partial charge is 0.225 e. The third-order valence-electron chi connectivity index (χ3n) is 3.12. The average Bonchev–Trinajstić information content (AvgIpc) is 2.68. The molecule has 1 aliphatic heterocycles. The highest BCUT2D eigenvalue weighted by molar-refractivity contribution is 5.89. The maximum atomic E-state index is 11.9. The van der Waals surface area contributed by atoms with Crippen molar-refractivity contribution in [1.29, 1.82) is 0 Å². The highest BCUT2D eigenvalue weighted by Crippen LogP contribution is 2.16. The first kappa shape index (κ1) is 12.5. The summed E-state index contributed by atoms with van der Waals surface area (Å²) in [7, 11) is 1.71. The SMILES string of the molecule is Cc1nccnc1CNC(=O)C1CC(=O)N(C)C1. The Bertz CT molecular complexity index is 475. The lowest BCUT2D eigenvalue weighted by molar-refractivity contribution is -0.128. The summed E-state index contributed by atoms with van der Waals surface area (Å²) in [4.78, 5) is 33.1. The number of carbonyl (C=O) groups is 2. The Hall–Kier alpha value is -1.98. The van der Waals surface area contributed by atoms with E-state index < -0.39 is 0 Å². The van der Waals surface area contributed by atoms with Crippen molar-refractivity contribution in [2.45, 2.75) is 19.9 Å². The molecule has 2 heterocycles. The van der Waals surface area contributed by atoms with Gasteiger partial charge in [0.1, 0.15) is 0 Å². The maximum Gasteiger partial charge on any atom is 0.225 e. The molecule has 1 N–H and O–H groups in total. The molecule has 0 radical (unpaired) electrons. The number of likely N-dealkylation sites (tertiary alicyclic amines) is 1. The van der Waals surface area contributed by atoms with Crippen LogP contribution in [-0.2, 0) is 16.1 Å². The summed E-state index contributed by atoms with van der Waals surface area (Å²) in [6, 6.07) is 0. The zero-order valence-electron chi connectivity index (χ0n) is 10.5. The second kappa shape index (κ2) is 5.12. The monoisotopic (exact) mass is 248 g/mol. The van der Waals surface area contributed by atoms with Gasteiger partial charge in [0.25, 0.3) is 0 Å². The molecule has 0 saturated carbocycles. The van der Waals surface area contributed by atoms with Crippen LogP contribution >= 0.6 is 0 Å². The van der Waals surface area contributed by atoms with Crippen LogP contribution in [0.3, 0.4) is 0 Å². The van der Waals surface area contributed by atoms with Gasteiger partial charge >= 0.3 is 0 Å². The van der Waals surface area contributed by atoms with Gasteiger partial charge in [0.15, 0.2) is 0 Å². The summed E-state index contributed by atoms with van der Waals surface area (Å²) in [5.41, 5.74) is 1.56. The molecule has 2 amide bonds. The lowest BCUT2D eigenvalue weighted by Gasteiger charge is -2.11. The number of hydrogen-bond acceptors (Lipinski definition) is 4. The van der Waals surface area contributed by atoms with Gasteiger partial charge in [-0.3, -0.25) is 19.6 Å². The molecule has 1 fully saturated rings. The van der Waals surface area contributed by atoms with Crippen molar-refractivity contribution in [2.24, 2.45) is 5.92 Å². The van der Waals surface area contributed by atoms with Crippen molar-refractivity contribution < 1.29 is 9.59 Å². The van der Waals surface area contributed by atoms with Crippen LogP contribution in [0, 0.1) is 12.8 Å². The van der Waals surface area contributed by atoms with Crippen molar-refractivity contribution in [3.05, 3.63) is 23.8 Å². The fraction of sp³-hybridized carbons (Fsp3) is 0.500. The number of carbonyl (C=O) groups excluding carboxylic acids is 2. The number of aryl methyl sites for hydroxylation is 1. The van der Waals surface area contributed by atoms with Crippen LogP contribution in [0.1, 0.15) is 17.8 Å². The van der Waals surface area contributed by atoms with Gasteiger partial charge in [-0.1, -0.05) is 0 Å².